The van der Waals surface area contributed by atoms with Crippen molar-refractivity contribution in [2.45, 2.75) is 31.5 Å². The lowest BCUT2D eigenvalue weighted by atomic mass is 10.1. The molecule has 114 valence electrons. The lowest BCUT2D eigenvalue weighted by Gasteiger charge is -2.23. The molecule has 5 heteroatoms. The van der Waals surface area contributed by atoms with Crippen molar-refractivity contribution in [2.75, 3.05) is 26.3 Å². The second-order valence-corrected chi connectivity index (χ2v) is 5.25. The van der Waals surface area contributed by atoms with Gasteiger partial charge in [-0.3, -0.25) is 0 Å². The summed E-state index contributed by atoms with van der Waals surface area (Å²) >= 11 is 0. The molecule has 2 rings (SSSR count). The fourth-order valence-corrected chi connectivity index (χ4v) is 2.29. The molecule has 1 aliphatic heterocycles. The van der Waals surface area contributed by atoms with Crippen LogP contribution in [-0.2, 0) is 4.74 Å². The van der Waals surface area contributed by atoms with Crippen molar-refractivity contribution in [3.05, 3.63) is 29.8 Å². The summed E-state index contributed by atoms with van der Waals surface area (Å²) in [4.78, 5) is 0. The Morgan fingerprint density at radius 1 is 1.48 bits per heavy atom. The van der Waals surface area contributed by atoms with Gasteiger partial charge in [0.25, 0.3) is 0 Å². The third-order valence-corrected chi connectivity index (χ3v) is 3.43. The first-order chi connectivity index (χ1) is 10.3. The van der Waals surface area contributed by atoms with Crippen LogP contribution in [0.5, 0.6) is 5.75 Å². The zero-order chi connectivity index (χ0) is 14.9. The fraction of sp³-hybridized carbons (Fsp3) is 0.562. The molecule has 0 bridgehead atoms. The van der Waals surface area contributed by atoms with E-state index in [0.29, 0.717) is 17.9 Å². The molecular weight excluding hydrogens is 268 g/mol. The van der Waals surface area contributed by atoms with Crippen molar-refractivity contribution >= 4 is 0 Å². The highest BCUT2D eigenvalue weighted by atomic mass is 16.5. The van der Waals surface area contributed by atoms with Crippen LogP contribution in [0.4, 0.5) is 0 Å². The van der Waals surface area contributed by atoms with Crippen molar-refractivity contribution in [1.82, 2.24) is 5.32 Å². The Balaban J connectivity index is 1.62. The van der Waals surface area contributed by atoms with Gasteiger partial charge in [0.2, 0.25) is 0 Å². The average molecular weight is 290 g/mol. The molecule has 1 aliphatic rings. The van der Waals surface area contributed by atoms with E-state index >= 15 is 0 Å². The van der Waals surface area contributed by atoms with E-state index in [4.69, 9.17) is 14.7 Å². The minimum absolute atomic E-state index is 0.202. The number of rotatable bonds is 7. The molecule has 21 heavy (non-hydrogen) atoms. The predicted octanol–water partition coefficient (Wildman–Crippen LogP) is 1.46. The maximum atomic E-state index is 9.87. The molecule has 0 aromatic heterocycles. The van der Waals surface area contributed by atoms with Crippen molar-refractivity contribution in [2.24, 2.45) is 0 Å². The quantitative estimate of drug-likeness (QED) is 0.795. The van der Waals surface area contributed by atoms with Crippen LogP contribution < -0.4 is 10.1 Å². The number of nitrogens with zero attached hydrogens (tertiary/aromatic N) is 1. The van der Waals surface area contributed by atoms with Gasteiger partial charge in [-0.2, -0.15) is 5.26 Å². The minimum atomic E-state index is -0.584. The molecule has 1 saturated heterocycles. The fourth-order valence-electron chi connectivity index (χ4n) is 2.29. The summed E-state index contributed by atoms with van der Waals surface area (Å²) in [5.74, 6) is 0.601. The third kappa shape index (κ3) is 5.72. The molecule has 0 saturated carbocycles. The summed E-state index contributed by atoms with van der Waals surface area (Å²) in [6, 6.07) is 8.97. The number of nitrogens with one attached hydrogen (secondary N) is 1. The van der Waals surface area contributed by atoms with Crippen LogP contribution in [-0.4, -0.2) is 43.6 Å². The van der Waals surface area contributed by atoms with E-state index in [2.05, 4.69) is 11.4 Å². The molecule has 5 nitrogen and oxygen atoms in total. The van der Waals surface area contributed by atoms with Crippen molar-refractivity contribution in [1.29, 1.82) is 5.26 Å². The normalized spacial score (nSPS) is 19.7. The van der Waals surface area contributed by atoms with Gasteiger partial charge in [-0.1, -0.05) is 6.07 Å². The van der Waals surface area contributed by atoms with E-state index in [-0.39, 0.29) is 12.7 Å². The van der Waals surface area contributed by atoms with Crippen molar-refractivity contribution < 1.29 is 14.6 Å². The second-order valence-electron chi connectivity index (χ2n) is 5.25. The van der Waals surface area contributed by atoms with E-state index < -0.39 is 6.10 Å². The molecule has 0 spiro atoms. The average Bonchev–Trinajstić information content (AvgIpc) is 2.54. The van der Waals surface area contributed by atoms with Crippen LogP contribution in [0.25, 0.3) is 0 Å². The number of ether oxygens (including phenoxy) is 2. The summed E-state index contributed by atoms with van der Waals surface area (Å²) in [5.41, 5.74) is 0.551. The predicted molar refractivity (Wildman–Crippen MR) is 79.1 cm³/mol. The smallest absolute Gasteiger partial charge is 0.120 e. The van der Waals surface area contributed by atoms with Crippen LogP contribution in [0.15, 0.2) is 24.3 Å². The van der Waals surface area contributed by atoms with Crippen LogP contribution in [0, 0.1) is 11.3 Å². The molecule has 0 amide bonds. The van der Waals surface area contributed by atoms with E-state index in [1.165, 1.54) is 6.42 Å². The first-order valence-corrected chi connectivity index (χ1v) is 7.41. The number of aliphatic hydroxyl groups excluding tert-OH is 1. The topological polar surface area (TPSA) is 74.5 Å². The second kappa shape index (κ2) is 8.63. The Hall–Kier alpha value is -1.61. The van der Waals surface area contributed by atoms with Gasteiger partial charge in [0.15, 0.2) is 0 Å². The molecule has 0 radical (unpaired) electrons. The lowest BCUT2D eigenvalue weighted by molar-refractivity contribution is 0.0141. The monoisotopic (exact) mass is 290 g/mol. The molecule has 0 aliphatic carbocycles. The Labute approximate surface area is 125 Å². The molecule has 1 aromatic carbocycles. The minimum Gasteiger partial charge on any atom is -0.491 e. The third-order valence-electron chi connectivity index (χ3n) is 3.43. The SMILES string of the molecule is N#Cc1cccc(OCC(O)CNCC2CCCCO2)c1. The van der Waals surface area contributed by atoms with Gasteiger partial charge >= 0.3 is 0 Å². The van der Waals surface area contributed by atoms with Crippen LogP contribution in [0.2, 0.25) is 0 Å². The number of hydrogen-bond acceptors (Lipinski definition) is 5. The maximum absolute atomic E-state index is 9.87. The van der Waals surface area contributed by atoms with E-state index in [0.717, 1.165) is 26.0 Å². The van der Waals surface area contributed by atoms with Gasteiger partial charge in [-0.15, -0.1) is 0 Å². The molecule has 1 aromatic rings. The van der Waals surface area contributed by atoms with E-state index in [1.54, 1.807) is 24.3 Å². The standard InChI is InChI=1S/C16H22N2O3/c17-9-13-4-3-6-15(8-13)21-12-14(19)10-18-11-16-5-1-2-7-20-16/h3-4,6,8,14,16,18-19H,1-2,5,7,10-12H2. The lowest BCUT2D eigenvalue weighted by Crippen LogP contribution is -2.37. The molecular formula is C16H22N2O3. The number of nitriles is 1. The number of benzene rings is 1. The highest BCUT2D eigenvalue weighted by Crippen LogP contribution is 2.13. The van der Waals surface area contributed by atoms with Crippen LogP contribution in [0.3, 0.4) is 0 Å². The molecule has 1 heterocycles. The van der Waals surface area contributed by atoms with Gasteiger partial charge in [0.05, 0.1) is 17.7 Å². The highest BCUT2D eigenvalue weighted by Gasteiger charge is 2.14. The van der Waals surface area contributed by atoms with Gasteiger partial charge in [0.1, 0.15) is 18.5 Å². The summed E-state index contributed by atoms with van der Waals surface area (Å²) in [7, 11) is 0. The first kappa shape index (κ1) is 15.8. The number of aliphatic hydroxyl groups is 1. The summed E-state index contributed by atoms with van der Waals surface area (Å²) < 4.78 is 11.1. The van der Waals surface area contributed by atoms with Crippen LogP contribution in [0.1, 0.15) is 24.8 Å². The summed E-state index contributed by atoms with van der Waals surface area (Å²) in [6.45, 7) is 2.28. The van der Waals surface area contributed by atoms with E-state index in [9.17, 15) is 5.11 Å². The van der Waals surface area contributed by atoms with E-state index in [1.807, 2.05) is 0 Å². The van der Waals surface area contributed by atoms with Gasteiger partial charge in [0, 0.05) is 19.7 Å². The largest absolute Gasteiger partial charge is 0.491 e. The molecule has 2 unspecified atom stereocenters. The Kier molecular flexibility index (Phi) is 6.48. The molecule has 2 N–H and O–H groups in total. The van der Waals surface area contributed by atoms with Gasteiger partial charge in [-0.25, -0.2) is 0 Å². The first-order valence-electron chi connectivity index (χ1n) is 7.41. The molecule has 2 atom stereocenters. The Bertz CT molecular complexity index is 467. The summed E-state index contributed by atoms with van der Waals surface area (Å²) in [5, 5.41) is 21.9. The Morgan fingerprint density at radius 2 is 2.38 bits per heavy atom. The zero-order valence-electron chi connectivity index (χ0n) is 12.1. The Morgan fingerprint density at radius 3 is 3.14 bits per heavy atom. The van der Waals surface area contributed by atoms with Gasteiger partial charge in [-0.05, 0) is 37.5 Å². The maximum Gasteiger partial charge on any atom is 0.120 e. The zero-order valence-corrected chi connectivity index (χ0v) is 12.1. The van der Waals surface area contributed by atoms with Gasteiger partial charge < -0.3 is 19.9 Å². The summed E-state index contributed by atoms with van der Waals surface area (Å²) in [6.07, 6.45) is 3.13. The highest BCUT2D eigenvalue weighted by molar-refractivity contribution is 5.36. The molecule has 1 fully saturated rings. The van der Waals surface area contributed by atoms with Crippen LogP contribution >= 0.6 is 0 Å². The van der Waals surface area contributed by atoms with Crippen molar-refractivity contribution in [3.8, 4) is 11.8 Å². The number of hydrogen-bond donors (Lipinski definition) is 2. The van der Waals surface area contributed by atoms with Crippen molar-refractivity contribution in [3.63, 3.8) is 0 Å².